The van der Waals surface area contributed by atoms with Crippen LogP contribution in [0.3, 0.4) is 0 Å². The largest absolute Gasteiger partial charge is 0.496 e. The van der Waals surface area contributed by atoms with E-state index in [1.165, 1.54) is 0 Å². The van der Waals surface area contributed by atoms with E-state index in [0.717, 1.165) is 22.7 Å². The van der Waals surface area contributed by atoms with Gasteiger partial charge in [-0.2, -0.15) is 5.26 Å². The van der Waals surface area contributed by atoms with Crippen LogP contribution < -0.4 is 14.8 Å². The van der Waals surface area contributed by atoms with Crippen LogP contribution in [0.2, 0.25) is 0 Å². The van der Waals surface area contributed by atoms with Crippen LogP contribution in [0.4, 0.5) is 5.69 Å². The SMILES string of the molecule is COc1cc(NCC(C)(C)C#N)c(OC)cc1C. The molecule has 0 aliphatic rings. The molecule has 1 aromatic rings. The molecule has 0 heterocycles. The number of ether oxygens (including phenoxy) is 2. The Hall–Kier alpha value is -1.89. The summed E-state index contributed by atoms with van der Waals surface area (Å²) < 4.78 is 10.6. The third-order valence-corrected chi connectivity index (χ3v) is 2.74. The molecule has 0 aromatic heterocycles. The minimum atomic E-state index is -0.427. The maximum atomic E-state index is 9.00. The van der Waals surface area contributed by atoms with Gasteiger partial charge in [0, 0.05) is 12.6 Å². The van der Waals surface area contributed by atoms with E-state index in [0.29, 0.717) is 6.54 Å². The summed E-state index contributed by atoms with van der Waals surface area (Å²) in [5, 5.41) is 12.2. The van der Waals surface area contributed by atoms with Crippen LogP contribution in [0, 0.1) is 23.7 Å². The Morgan fingerprint density at radius 1 is 1.22 bits per heavy atom. The van der Waals surface area contributed by atoms with Crippen molar-refractivity contribution in [2.45, 2.75) is 20.8 Å². The fourth-order valence-corrected chi connectivity index (χ4v) is 1.54. The number of hydrogen-bond acceptors (Lipinski definition) is 4. The molecule has 1 N–H and O–H groups in total. The molecule has 0 aliphatic carbocycles. The second kappa shape index (κ2) is 5.63. The molecule has 0 amide bonds. The first-order chi connectivity index (χ1) is 8.43. The lowest BCUT2D eigenvalue weighted by molar-refractivity contribution is 0.401. The van der Waals surface area contributed by atoms with Crippen LogP contribution in [0.25, 0.3) is 0 Å². The number of rotatable bonds is 5. The molecule has 0 aliphatic heterocycles. The molecule has 0 spiro atoms. The zero-order valence-corrected chi connectivity index (χ0v) is 11.6. The van der Waals surface area contributed by atoms with E-state index in [-0.39, 0.29) is 0 Å². The quantitative estimate of drug-likeness (QED) is 0.870. The zero-order valence-electron chi connectivity index (χ0n) is 11.6. The number of nitrogens with one attached hydrogen (secondary N) is 1. The summed E-state index contributed by atoms with van der Waals surface area (Å²) in [6.45, 7) is 6.28. The van der Waals surface area contributed by atoms with Gasteiger partial charge in [0.1, 0.15) is 11.5 Å². The number of nitriles is 1. The van der Waals surface area contributed by atoms with Crippen molar-refractivity contribution in [1.82, 2.24) is 0 Å². The predicted molar refractivity (Wildman–Crippen MR) is 72.2 cm³/mol. The van der Waals surface area contributed by atoms with Crippen molar-refractivity contribution in [2.75, 3.05) is 26.1 Å². The standard InChI is InChI=1S/C14H20N2O2/c1-10-6-13(18-5)11(7-12(10)17-4)16-9-14(2,3)8-15/h6-7,16H,9H2,1-5H3. The number of nitrogens with zero attached hydrogens (tertiary/aromatic N) is 1. The second-order valence-corrected chi connectivity index (χ2v) is 4.87. The molecular formula is C14H20N2O2. The minimum absolute atomic E-state index is 0.427. The van der Waals surface area contributed by atoms with Crippen LogP contribution in [0.1, 0.15) is 19.4 Å². The molecular weight excluding hydrogens is 228 g/mol. The molecule has 98 valence electrons. The van der Waals surface area contributed by atoms with Crippen LogP contribution in [0.15, 0.2) is 12.1 Å². The highest BCUT2D eigenvalue weighted by atomic mass is 16.5. The van der Waals surface area contributed by atoms with E-state index in [4.69, 9.17) is 14.7 Å². The summed E-state index contributed by atoms with van der Waals surface area (Å²) in [7, 11) is 3.26. The average Bonchev–Trinajstić information content (AvgIpc) is 2.36. The van der Waals surface area contributed by atoms with E-state index in [1.54, 1.807) is 14.2 Å². The topological polar surface area (TPSA) is 54.3 Å². The maximum Gasteiger partial charge on any atom is 0.142 e. The molecule has 0 saturated heterocycles. The number of hydrogen-bond donors (Lipinski definition) is 1. The monoisotopic (exact) mass is 248 g/mol. The Labute approximate surface area is 109 Å². The smallest absolute Gasteiger partial charge is 0.142 e. The van der Waals surface area contributed by atoms with E-state index < -0.39 is 5.41 Å². The number of aryl methyl sites for hydroxylation is 1. The highest BCUT2D eigenvalue weighted by Gasteiger charge is 2.17. The Balaban J connectivity index is 2.97. The zero-order chi connectivity index (χ0) is 13.8. The average molecular weight is 248 g/mol. The predicted octanol–water partition coefficient (Wildman–Crippen LogP) is 2.97. The van der Waals surface area contributed by atoms with Gasteiger partial charge in [-0.25, -0.2) is 0 Å². The summed E-state index contributed by atoms with van der Waals surface area (Å²) in [4.78, 5) is 0. The van der Waals surface area contributed by atoms with Crippen molar-refractivity contribution in [3.05, 3.63) is 17.7 Å². The van der Waals surface area contributed by atoms with Crippen molar-refractivity contribution in [3.63, 3.8) is 0 Å². The maximum absolute atomic E-state index is 9.00. The van der Waals surface area contributed by atoms with E-state index in [2.05, 4.69) is 11.4 Å². The molecule has 4 nitrogen and oxygen atoms in total. The van der Waals surface area contributed by atoms with Gasteiger partial charge in [-0.05, 0) is 32.4 Å². The first-order valence-corrected chi connectivity index (χ1v) is 5.81. The number of methoxy groups -OCH3 is 2. The van der Waals surface area contributed by atoms with Gasteiger partial charge >= 0.3 is 0 Å². The Kier molecular flexibility index (Phi) is 4.43. The van der Waals surface area contributed by atoms with Crippen LogP contribution in [0.5, 0.6) is 11.5 Å². The Bertz CT molecular complexity index is 462. The van der Waals surface area contributed by atoms with Gasteiger partial charge < -0.3 is 14.8 Å². The summed E-state index contributed by atoms with van der Waals surface area (Å²) in [5.41, 5.74) is 1.42. The molecule has 0 unspecified atom stereocenters. The van der Waals surface area contributed by atoms with Crippen LogP contribution in [-0.4, -0.2) is 20.8 Å². The van der Waals surface area contributed by atoms with Gasteiger partial charge in [0.25, 0.3) is 0 Å². The summed E-state index contributed by atoms with van der Waals surface area (Å²) in [6.07, 6.45) is 0. The molecule has 0 atom stereocenters. The van der Waals surface area contributed by atoms with Gasteiger partial charge in [-0.1, -0.05) is 0 Å². The highest BCUT2D eigenvalue weighted by molar-refractivity contribution is 5.62. The fraction of sp³-hybridized carbons (Fsp3) is 0.500. The molecule has 4 heteroatoms. The molecule has 18 heavy (non-hydrogen) atoms. The van der Waals surface area contributed by atoms with E-state index in [9.17, 15) is 0 Å². The molecule has 0 saturated carbocycles. The third-order valence-electron chi connectivity index (χ3n) is 2.74. The summed E-state index contributed by atoms with van der Waals surface area (Å²) >= 11 is 0. The second-order valence-electron chi connectivity index (χ2n) is 4.87. The molecule has 1 aromatic carbocycles. The minimum Gasteiger partial charge on any atom is -0.496 e. The fourth-order valence-electron chi connectivity index (χ4n) is 1.54. The third kappa shape index (κ3) is 3.30. The van der Waals surface area contributed by atoms with Crippen LogP contribution in [-0.2, 0) is 0 Å². The highest BCUT2D eigenvalue weighted by Crippen LogP contribution is 2.33. The van der Waals surface area contributed by atoms with Crippen molar-refractivity contribution < 1.29 is 9.47 Å². The lowest BCUT2D eigenvalue weighted by atomic mass is 9.96. The van der Waals surface area contributed by atoms with Crippen LogP contribution >= 0.6 is 0 Å². The molecule has 1 rings (SSSR count). The lowest BCUT2D eigenvalue weighted by Gasteiger charge is -2.19. The van der Waals surface area contributed by atoms with Gasteiger partial charge in [-0.15, -0.1) is 0 Å². The first-order valence-electron chi connectivity index (χ1n) is 5.81. The van der Waals surface area contributed by atoms with Gasteiger partial charge in [0.15, 0.2) is 0 Å². The van der Waals surface area contributed by atoms with Crippen molar-refractivity contribution in [1.29, 1.82) is 5.26 Å². The van der Waals surface area contributed by atoms with Gasteiger partial charge in [0.05, 0.1) is 31.4 Å². The molecule has 0 bridgehead atoms. The van der Waals surface area contributed by atoms with Crippen molar-refractivity contribution in [2.24, 2.45) is 5.41 Å². The van der Waals surface area contributed by atoms with Crippen molar-refractivity contribution in [3.8, 4) is 17.6 Å². The van der Waals surface area contributed by atoms with E-state index >= 15 is 0 Å². The Morgan fingerprint density at radius 2 is 1.83 bits per heavy atom. The number of benzene rings is 1. The summed E-state index contributed by atoms with van der Waals surface area (Å²) in [5.74, 6) is 1.55. The summed E-state index contributed by atoms with van der Waals surface area (Å²) in [6, 6.07) is 6.06. The molecule has 0 radical (unpaired) electrons. The first kappa shape index (κ1) is 14.2. The van der Waals surface area contributed by atoms with Gasteiger partial charge in [-0.3, -0.25) is 0 Å². The van der Waals surface area contributed by atoms with Crippen molar-refractivity contribution >= 4 is 5.69 Å². The normalized spacial score (nSPS) is 10.7. The van der Waals surface area contributed by atoms with E-state index in [1.807, 2.05) is 32.9 Å². The Morgan fingerprint density at radius 3 is 2.33 bits per heavy atom. The molecule has 0 fully saturated rings. The van der Waals surface area contributed by atoms with Gasteiger partial charge in [0.2, 0.25) is 0 Å². The lowest BCUT2D eigenvalue weighted by Crippen LogP contribution is -2.21. The number of anilines is 1.